The Morgan fingerprint density at radius 2 is 0.967 bits per heavy atom. The number of azo groups is 2. The molecule has 0 bridgehead atoms. The Labute approximate surface area is 390 Å². The van der Waals surface area contributed by atoms with Crippen LogP contribution in [0.4, 0.5) is 45.8 Å². The Kier molecular flexibility index (Phi) is 23.5. The second-order valence-corrected chi connectivity index (χ2v) is 15.3. The molecule has 0 saturated heterocycles. The Morgan fingerprint density at radius 3 is 1.23 bits per heavy atom. The van der Waals surface area contributed by atoms with Gasteiger partial charge in [-0.3, -0.25) is 20.2 Å². The molecule has 0 fully saturated rings. The summed E-state index contributed by atoms with van der Waals surface area (Å²) < 4.78 is 64.6. The molecule has 0 aliphatic heterocycles. The molecule has 0 saturated carbocycles. The summed E-state index contributed by atoms with van der Waals surface area (Å²) in [5.74, 6) is -0.908. The van der Waals surface area contributed by atoms with Crippen LogP contribution in [0.5, 0.6) is 11.5 Å². The van der Waals surface area contributed by atoms with E-state index in [1.54, 1.807) is 12.1 Å². The maximum Gasteiger partial charge on any atom is 1.00 e. The number of benzene rings is 2. The molecule has 4 rings (SSSR count). The molecule has 4 aromatic rings. The van der Waals surface area contributed by atoms with Crippen molar-refractivity contribution >= 4 is 66.0 Å². The molecule has 2 heterocycles. The first-order valence-corrected chi connectivity index (χ1v) is 20.6. The molecule has 0 spiro atoms. The summed E-state index contributed by atoms with van der Waals surface area (Å²) in [6, 6.07) is 14.6. The number of pyridine rings is 2. The van der Waals surface area contributed by atoms with Crippen LogP contribution < -0.4 is 68.9 Å². The molecule has 60 heavy (non-hydrogen) atoms. The van der Waals surface area contributed by atoms with Crippen molar-refractivity contribution in [3.63, 3.8) is 0 Å². The Bertz CT molecular complexity index is 2130. The predicted octanol–water partition coefficient (Wildman–Crippen LogP) is 0.533. The number of phenolic OH excluding ortho intramolecular Hbond substituents is 2. The number of nitrogens with zero attached hydrogens (tertiary/aromatic N) is 10. The zero-order chi connectivity index (χ0) is 42.9. The fraction of sp³-hybridized carbons (Fsp3) is 0.353. The van der Waals surface area contributed by atoms with Crippen LogP contribution in [0.3, 0.4) is 0 Å². The molecule has 0 radical (unpaired) electrons. The van der Waals surface area contributed by atoms with E-state index in [-0.39, 0.29) is 118 Å². The van der Waals surface area contributed by atoms with Crippen molar-refractivity contribution in [2.75, 3.05) is 47.5 Å². The molecule has 0 aliphatic rings. The number of hydrogen-bond donors (Lipinski definition) is 2. The van der Waals surface area contributed by atoms with Crippen molar-refractivity contribution in [2.24, 2.45) is 20.5 Å². The van der Waals surface area contributed by atoms with Gasteiger partial charge in [0.1, 0.15) is 35.3 Å². The summed E-state index contributed by atoms with van der Waals surface area (Å²) >= 11 is 0. The van der Waals surface area contributed by atoms with E-state index in [1.165, 1.54) is 48.5 Å². The van der Waals surface area contributed by atoms with Crippen LogP contribution in [-0.2, 0) is 20.2 Å². The molecule has 0 amide bonds. The van der Waals surface area contributed by atoms with Gasteiger partial charge in [0.2, 0.25) is 0 Å². The second kappa shape index (κ2) is 26.2. The number of nitro groups is 2. The van der Waals surface area contributed by atoms with Gasteiger partial charge in [-0.2, -0.15) is 0 Å². The van der Waals surface area contributed by atoms with Crippen molar-refractivity contribution in [2.45, 2.75) is 39.5 Å². The van der Waals surface area contributed by atoms with Crippen LogP contribution in [-0.4, -0.2) is 93.7 Å². The van der Waals surface area contributed by atoms with E-state index in [0.717, 1.165) is 25.2 Å². The van der Waals surface area contributed by atoms with Gasteiger partial charge in [0.25, 0.3) is 11.4 Å². The summed E-state index contributed by atoms with van der Waals surface area (Å²) in [7, 11) is -8.54. The molecule has 312 valence electrons. The normalized spacial score (nSPS) is 11.3. The number of anilines is 2. The Morgan fingerprint density at radius 1 is 0.600 bits per heavy atom. The average Bonchev–Trinajstić information content (AvgIpc) is 3.16. The largest absolute Gasteiger partial charge is 1.00 e. The van der Waals surface area contributed by atoms with E-state index in [1.807, 2.05) is 23.6 Å². The summed E-state index contributed by atoms with van der Waals surface area (Å²) in [6.07, 6.45) is 4.06. The van der Waals surface area contributed by atoms with E-state index in [9.17, 15) is 56.4 Å². The summed E-state index contributed by atoms with van der Waals surface area (Å²) in [4.78, 5) is 31.4. The van der Waals surface area contributed by atoms with Crippen LogP contribution >= 0.6 is 0 Å². The zero-order valence-corrected chi connectivity index (χ0v) is 38.9. The molecule has 2 aromatic carbocycles. The van der Waals surface area contributed by atoms with Gasteiger partial charge in [-0.15, -0.1) is 20.5 Å². The van der Waals surface area contributed by atoms with Gasteiger partial charge < -0.3 is 29.1 Å². The summed E-state index contributed by atoms with van der Waals surface area (Å²) in [5, 5.41) is 57.1. The predicted molar refractivity (Wildman–Crippen MR) is 210 cm³/mol. The molecule has 0 atom stereocenters. The van der Waals surface area contributed by atoms with E-state index in [0.29, 0.717) is 37.6 Å². The third-order valence-corrected chi connectivity index (χ3v) is 9.26. The average molecular weight is 891 g/mol. The van der Waals surface area contributed by atoms with Gasteiger partial charge in [0.15, 0.2) is 11.6 Å². The van der Waals surface area contributed by atoms with Gasteiger partial charge >= 0.3 is 59.1 Å². The zero-order valence-electron chi connectivity index (χ0n) is 33.3. The quantitative estimate of drug-likeness (QED) is 0.0402. The van der Waals surface area contributed by atoms with Crippen LogP contribution in [0.1, 0.15) is 39.5 Å². The first-order chi connectivity index (χ1) is 27.4. The fourth-order valence-electron chi connectivity index (χ4n) is 5.03. The summed E-state index contributed by atoms with van der Waals surface area (Å²) in [5.41, 5.74) is 1.31. The molecular formula is C34H40N10Na2O12S2. The van der Waals surface area contributed by atoms with E-state index in [2.05, 4.69) is 30.4 Å². The molecule has 2 N–H and O–H groups in total. The minimum absolute atomic E-state index is 0. The topological polar surface area (TPSA) is 323 Å². The second-order valence-electron chi connectivity index (χ2n) is 12.2. The van der Waals surface area contributed by atoms with Gasteiger partial charge in [-0.05, 0) is 62.1 Å². The molecule has 2 aromatic heterocycles. The molecular weight excluding hydrogens is 851 g/mol. The number of phenols is 2. The van der Waals surface area contributed by atoms with Gasteiger partial charge in [-0.1, -0.05) is 13.8 Å². The minimum Gasteiger partial charge on any atom is -0.748 e. The number of hydrogen-bond acceptors (Lipinski definition) is 20. The maximum absolute atomic E-state index is 10.8. The smallest absolute Gasteiger partial charge is 0.748 e. The Balaban J connectivity index is 0.000000581. The number of rotatable bonds is 20. The monoisotopic (exact) mass is 890 g/mol. The maximum atomic E-state index is 10.8. The van der Waals surface area contributed by atoms with Crippen LogP contribution in [0, 0.1) is 20.2 Å². The molecule has 26 heteroatoms. The van der Waals surface area contributed by atoms with Crippen molar-refractivity contribution in [3.8, 4) is 11.5 Å². The van der Waals surface area contributed by atoms with Crippen molar-refractivity contribution in [3.05, 3.63) is 93.3 Å². The van der Waals surface area contributed by atoms with Gasteiger partial charge in [0.05, 0.1) is 30.1 Å². The molecule has 0 aliphatic carbocycles. The molecule has 22 nitrogen and oxygen atoms in total. The fourth-order valence-corrected chi connectivity index (χ4v) is 6.00. The van der Waals surface area contributed by atoms with E-state index >= 15 is 0 Å². The first-order valence-electron chi connectivity index (χ1n) is 17.5. The van der Waals surface area contributed by atoms with Crippen molar-refractivity contribution in [1.82, 2.24) is 9.97 Å². The summed E-state index contributed by atoms with van der Waals surface area (Å²) in [6.45, 7) is 5.84. The van der Waals surface area contributed by atoms with E-state index < -0.39 is 41.6 Å². The first kappa shape index (κ1) is 53.8. The van der Waals surface area contributed by atoms with Crippen LogP contribution in [0.2, 0.25) is 0 Å². The number of aromatic hydroxyl groups is 2. The third-order valence-electron chi connectivity index (χ3n) is 7.69. The third kappa shape index (κ3) is 19.4. The van der Waals surface area contributed by atoms with Gasteiger partial charge in [0, 0.05) is 73.3 Å². The van der Waals surface area contributed by atoms with Gasteiger partial charge in [-0.25, -0.2) is 26.8 Å². The number of aromatic nitrogens is 2. The standard InChI is InChI=1S/2C17H21N5O6S.2Na/c2*1-2-8-21(9-3-10-29(26,27)28)13-4-6-15(16(23)11-13)19-20-17-7-5-14(12-18-17)22(24)25;;/h2*4-7,11-12,23H,2-3,8-10H2,1H3,(H,26,27,28);;/q;;2*+1/p-2. The minimum atomic E-state index is -4.27. The van der Waals surface area contributed by atoms with E-state index in [4.69, 9.17) is 0 Å². The SMILES string of the molecule is CCCN(CCCS(=O)(=O)[O-])c1ccc(N=Nc2ccc([N+](=O)[O-])cn2)c(O)c1.CCCN(CCCS(=O)(=O)[O-])c1ccc(N=Nc2ccc([N+](=O)[O-])cn2)c(O)c1.[Na+].[Na+]. The van der Waals surface area contributed by atoms with Crippen molar-refractivity contribution < 1.29 is 105 Å². The van der Waals surface area contributed by atoms with Crippen LogP contribution in [0.15, 0.2) is 93.5 Å². The molecule has 0 unspecified atom stereocenters. The van der Waals surface area contributed by atoms with Crippen molar-refractivity contribution in [1.29, 1.82) is 0 Å². The Hall–Kier alpha value is -4.24. The van der Waals surface area contributed by atoms with Crippen LogP contribution in [0.25, 0.3) is 0 Å².